The Kier molecular flexibility index (Phi) is 6.25. The molecule has 3 heterocycles. The minimum atomic E-state index is 0.533. The van der Waals surface area contributed by atoms with Crippen LogP contribution in [0.2, 0.25) is 10.0 Å². The molecule has 1 aliphatic heterocycles. The number of nitrogens with one attached hydrogen (secondary N) is 2. The SMILES string of the molecule is Cc1cc(NCCNC2CCOCC2)n2nc(C)c(-c3c(Cl)cccc3Cl)c2n1. The second-order valence-electron chi connectivity index (χ2n) is 7.34. The second kappa shape index (κ2) is 8.88. The summed E-state index contributed by atoms with van der Waals surface area (Å²) in [6, 6.07) is 8.05. The van der Waals surface area contributed by atoms with Gasteiger partial charge in [0.05, 0.1) is 21.3 Å². The van der Waals surface area contributed by atoms with Gasteiger partial charge in [-0.05, 0) is 38.8 Å². The van der Waals surface area contributed by atoms with Crippen LogP contribution in [0.4, 0.5) is 5.82 Å². The predicted molar refractivity (Wildman–Crippen MR) is 118 cm³/mol. The summed E-state index contributed by atoms with van der Waals surface area (Å²) in [4.78, 5) is 4.73. The van der Waals surface area contributed by atoms with Crippen LogP contribution in [0, 0.1) is 13.8 Å². The number of hydrogen-bond donors (Lipinski definition) is 2. The first-order chi connectivity index (χ1) is 14.0. The summed E-state index contributed by atoms with van der Waals surface area (Å²) in [7, 11) is 0. The van der Waals surface area contributed by atoms with Crippen LogP contribution in [0.25, 0.3) is 16.8 Å². The van der Waals surface area contributed by atoms with Crippen molar-refractivity contribution in [2.45, 2.75) is 32.7 Å². The van der Waals surface area contributed by atoms with Crippen LogP contribution >= 0.6 is 23.2 Å². The Bertz CT molecular complexity index is 994. The fourth-order valence-electron chi connectivity index (χ4n) is 3.77. The molecule has 1 saturated heterocycles. The molecule has 1 aliphatic rings. The van der Waals surface area contributed by atoms with E-state index in [1.54, 1.807) is 0 Å². The molecule has 0 spiro atoms. The van der Waals surface area contributed by atoms with E-state index in [1.165, 1.54) is 0 Å². The molecule has 3 aromatic rings. The van der Waals surface area contributed by atoms with Crippen molar-refractivity contribution in [3.63, 3.8) is 0 Å². The first-order valence-corrected chi connectivity index (χ1v) is 10.7. The fraction of sp³-hybridized carbons (Fsp3) is 0.429. The number of fused-ring (bicyclic) bond motifs is 1. The van der Waals surface area contributed by atoms with Gasteiger partial charge in [-0.2, -0.15) is 9.61 Å². The first kappa shape index (κ1) is 20.4. The van der Waals surface area contributed by atoms with E-state index in [9.17, 15) is 0 Å². The van der Waals surface area contributed by atoms with Gasteiger partial charge < -0.3 is 15.4 Å². The van der Waals surface area contributed by atoms with Gasteiger partial charge in [-0.15, -0.1) is 0 Å². The Morgan fingerprint density at radius 1 is 1.10 bits per heavy atom. The molecule has 2 aromatic heterocycles. The van der Waals surface area contributed by atoms with Crippen molar-refractivity contribution in [3.05, 3.63) is 45.7 Å². The van der Waals surface area contributed by atoms with E-state index < -0.39 is 0 Å². The van der Waals surface area contributed by atoms with Crippen LogP contribution in [0.3, 0.4) is 0 Å². The third-order valence-electron chi connectivity index (χ3n) is 5.19. The second-order valence-corrected chi connectivity index (χ2v) is 8.16. The van der Waals surface area contributed by atoms with E-state index in [2.05, 4.69) is 10.6 Å². The first-order valence-electron chi connectivity index (χ1n) is 9.91. The van der Waals surface area contributed by atoms with E-state index >= 15 is 0 Å². The highest BCUT2D eigenvalue weighted by Crippen LogP contribution is 2.38. The van der Waals surface area contributed by atoms with Crippen LogP contribution in [-0.4, -0.2) is 46.9 Å². The maximum atomic E-state index is 6.47. The number of hydrogen-bond acceptors (Lipinski definition) is 5. The number of ether oxygens (including phenoxy) is 1. The molecule has 1 fully saturated rings. The molecule has 2 N–H and O–H groups in total. The van der Waals surface area contributed by atoms with Crippen LogP contribution in [0.1, 0.15) is 24.2 Å². The summed E-state index contributed by atoms with van der Waals surface area (Å²) < 4.78 is 7.25. The third-order valence-corrected chi connectivity index (χ3v) is 5.82. The molecule has 1 aromatic carbocycles. The van der Waals surface area contributed by atoms with Gasteiger partial charge in [-0.25, -0.2) is 4.98 Å². The Balaban J connectivity index is 1.59. The maximum absolute atomic E-state index is 6.47. The van der Waals surface area contributed by atoms with Crippen LogP contribution in [0.15, 0.2) is 24.3 Å². The maximum Gasteiger partial charge on any atom is 0.165 e. The van der Waals surface area contributed by atoms with E-state index in [1.807, 2.05) is 42.6 Å². The van der Waals surface area contributed by atoms with Crippen LogP contribution in [0.5, 0.6) is 0 Å². The average Bonchev–Trinajstić information content (AvgIpc) is 3.02. The molecule has 0 amide bonds. The lowest BCUT2D eigenvalue weighted by atomic mass is 10.1. The highest BCUT2D eigenvalue weighted by atomic mass is 35.5. The van der Waals surface area contributed by atoms with Gasteiger partial charge in [-0.3, -0.25) is 0 Å². The minimum absolute atomic E-state index is 0.533. The lowest BCUT2D eigenvalue weighted by molar-refractivity contribution is 0.0784. The summed E-state index contributed by atoms with van der Waals surface area (Å²) in [5.41, 5.74) is 4.13. The van der Waals surface area contributed by atoms with Gasteiger partial charge >= 0.3 is 0 Å². The number of anilines is 1. The van der Waals surface area contributed by atoms with Gasteiger partial charge in [0.1, 0.15) is 5.82 Å². The smallest absolute Gasteiger partial charge is 0.165 e. The van der Waals surface area contributed by atoms with E-state index in [-0.39, 0.29) is 0 Å². The monoisotopic (exact) mass is 433 g/mol. The van der Waals surface area contributed by atoms with Crippen molar-refractivity contribution in [2.75, 3.05) is 31.6 Å². The number of benzene rings is 1. The number of aromatic nitrogens is 3. The summed E-state index contributed by atoms with van der Waals surface area (Å²) >= 11 is 12.9. The van der Waals surface area contributed by atoms with Crippen molar-refractivity contribution in [1.29, 1.82) is 0 Å². The van der Waals surface area contributed by atoms with Crippen molar-refractivity contribution in [3.8, 4) is 11.1 Å². The summed E-state index contributed by atoms with van der Waals surface area (Å²) in [5, 5.41) is 13.0. The molecule has 8 heteroatoms. The molecule has 0 aliphatic carbocycles. The molecular formula is C21H25Cl2N5O. The third kappa shape index (κ3) is 4.36. The summed E-state index contributed by atoms with van der Waals surface area (Å²) in [6.45, 7) is 7.28. The van der Waals surface area contributed by atoms with Gasteiger partial charge in [0, 0.05) is 49.7 Å². The van der Waals surface area contributed by atoms with Crippen LogP contribution < -0.4 is 10.6 Å². The molecule has 4 rings (SSSR count). The van der Waals surface area contributed by atoms with E-state index in [4.69, 9.17) is 38.0 Å². The normalized spacial score (nSPS) is 15.2. The van der Waals surface area contributed by atoms with Crippen LogP contribution in [-0.2, 0) is 4.74 Å². The number of halogens is 2. The summed E-state index contributed by atoms with van der Waals surface area (Å²) in [5.74, 6) is 0.902. The zero-order chi connectivity index (χ0) is 20.4. The quantitative estimate of drug-likeness (QED) is 0.560. The zero-order valence-corrected chi connectivity index (χ0v) is 18.1. The lowest BCUT2D eigenvalue weighted by Crippen LogP contribution is -2.37. The Morgan fingerprint density at radius 3 is 2.55 bits per heavy atom. The lowest BCUT2D eigenvalue weighted by Gasteiger charge is -2.23. The number of nitrogens with zero attached hydrogens (tertiary/aromatic N) is 3. The molecule has 0 unspecified atom stereocenters. The standard InChI is InChI=1S/C21H25Cl2N5O/c1-13-12-18(25-9-8-24-15-6-10-29-11-7-15)28-21(26-13)19(14(2)27-28)20-16(22)4-3-5-17(20)23/h3-5,12,15,24-25H,6-11H2,1-2H3. The zero-order valence-electron chi connectivity index (χ0n) is 16.6. The number of rotatable bonds is 6. The molecule has 0 radical (unpaired) electrons. The highest BCUT2D eigenvalue weighted by molar-refractivity contribution is 6.39. The van der Waals surface area contributed by atoms with Crippen molar-refractivity contribution >= 4 is 34.7 Å². The molecule has 0 atom stereocenters. The molecule has 154 valence electrons. The predicted octanol–water partition coefficient (Wildman–Crippen LogP) is 4.50. The van der Waals surface area contributed by atoms with Gasteiger partial charge in [-0.1, -0.05) is 29.3 Å². The van der Waals surface area contributed by atoms with Crippen molar-refractivity contribution < 1.29 is 4.74 Å². The summed E-state index contributed by atoms with van der Waals surface area (Å²) in [6.07, 6.45) is 2.14. The van der Waals surface area contributed by atoms with Gasteiger partial charge in [0.25, 0.3) is 0 Å². The number of aryl methyl sites for hydroxylation is 2. The molecule has 29 heavy (non-hydrogen) atoms. The van der Waals surface area contributed by atoms with Gasteiger partial charge in [0.2, 0.25) is 0 Å². The minimum Gasteiger partial charge on any atom is -0.381 e. The molecule has 0 bridgehead atoms. The largest absolute Gasteiger partial charge is 0.381 e. The Morgan fingerprint density at radius 2 is 1.83 bits per heavy atom. The average molecular weight is 434 g/mol. The van der Waals surface area contributed by atoms with Crippen molar-refractivity contribution in [2.24, 2.45) is 0 Å². The van der Waals surface area contributed by atoms with Crippen molar-refractivity contribution in [1.82, 2.24) is 19.9 Å². The molecular weight excluding hydrogens is 409 g/mol. The molecule has 6 nitrogen and oxygen atoms in total. The highest BCUT2D eigenvalue weighted by Gasteiger charge is 2.20. The molecule has 0 saturated carbocycles. The topological polar surface area (TPSA) is 63.5 Å². The van der Waals surface area contributed by atoms with Gasteiger partial charge in [0.15, 0.2) is 5.65 Å². The van der Waals surface area contributed by atoms with E-state index in [0.717, 1.165) is 73.1 Å². The van der Waals surface area contributed by atoms with E-state index in [0.29, 0.717) is 16.1 Å². The Hall–Kier alpha value is -1.86. The fourth-order valence-corrected chi connectivity index (χ4v) is 4.35. The Labute approximate surface area is 180 Å².